The number of nitrogens with one attached hydrogen (secondary N) is 1. The largest absolute Gasteiger partial charge is 0.325 e. The van der Waals surface area contributed by atoms with E-state index < -0.39 is 10.0 Å². The summed E-state index contributed by atoms with van der Waals surface area (Å²) in [6.45, 7) is 0.525. The van der Waals surface area contributed by atoms with E-state index >= 15 is 0 Å². The Morgan fingerprint density at radius 1 is 1.00 bits per heavy atom. The first-order valence-electron chi connectivity index (χ1n) is 11.0. The SMILES string of the molecule is N#Cc1ccccc1S(=O)(=O)N1CCC(C(=O)Nc2ccccc2SC2CCCC2)CC1. The van der Waals surface area contributed by atoms with Gasteiger partial charge < -0.3 is 5.32 Å². The highest BCUT2D eigenvalue weighted by atomic mass is 32.2. The molecule has 1 heterocycles. The molecule has 0 aromatic heterocycles. The molecule has 2 aromatic rings. The minimum atomic E-state index is -3.76. The fourth-order valence-corrected chi connectivity index (χ4v) is 7.32. The molecule has 0 radical (unpaired) electrons. The van der Waals surface area contributed by atoms with Crippen LogP contribution in [0.1, 0.15) is 44.1 Å². The number of benzene rings is 2. The number of hydrogen-bond donors (Lipinski definition) is 1. The summed E-state index contributed by atoms with van der Waals surface area (Å²) in [5.41, 5.74) is 0.983. The summed E-state index contributed by atoms with van der Waals surface area (Å²) in [6.07, 6.45) is 5.89. The quantitative estimate of drug-likeness (QED) is 0.666. The molecule has 1 amide bonds. The van der Waals surface area contributed by atoms with Crippen molar-refractivity contribution in [2.75, 3.05) is 18.4 Å². The van der Waals surface area contributed by atoms with E-state index in [0.29, 0.717) is 18.1 Å². The molecule has 2 aromatic carbocycles. The van der Waals surface area contributed by atoms with Crippen LogP contribution in [0.25, 0.3) is 0 Å². The summed E-state index contributed by atoms with van der Waals surface area (Å²) in [5, 5.41) is 13.0. The molecular formula is C24H27N3O3S2. The standard InChI is InChI=1S/C24H27N3O3S2/c25-17-19-7-1-6-12-23(19)32(29,30)27-15-13-18(14-16-27)24(28)26-21-10-4-5-11-22(21)31-20-8-2-3-9-20/h1,4-7,10-12,18,20H,2-3,8-9,13-16H2,(H,26,28). The average Bonchev–Trinajstić information content (AvgIpc) is 3.33. The molecule has 0 atom stereocenters. The third-order valence-corrected chi connectivity index (χ3v) is 9.56. The number of sulfonamides is 1. The Balaban J connectivity index is 1.39. The van der Waals surface area contributed by atoms with Crippen LogP contribution < -0.4 is 5.32 Å². The Bertz CT molecular complexity index is 1110. The molecule has 2 fully saturated rings. The van der Waals surface area contributed by atoms with Crippen molar-refractivity contribution in [2.45, 2.75) is 53.6 Å². The third kappa shape index (κ3) is 5.01. The van der Waals surface area contributed by atoms with E-state index in [9.17, 15) is 18.5 Å². The molecule has 32 heavy (non-hydrogen) atoms. The lowest BCUT2D eigenvalue weighted by atomic mass is 9.97. The summed E-state index contributed by atoms with van der Waals surface area (Å²) in [6, 6.07) is 16.1. The number of piperidine rings is 1. The first-order chi connectivity index (χ1) is 15.5. The van der Waals surface area contributed by atoms with E-state index in [1.54, 1.807) is 12.1 Å². The molecule has 6 nitrogen and oxygen atoms in total. The summed E-state index contributed by atoms with van der Waals surface area (Å²) in [7, 11) is -3.76. The highest BCUT2D eigenvalue weighted by Crippen LogP contribution is 2.38. The van der Waals surface area contributed by atoms with Gasteiger partial charge in [-0.25, -0.2) is 8.42 Å². The van der Waals surface area contributed by atoms with Crippen LogP contribution in [-0.2, 0) is 14.8 Å². The number of carbonyl (C=O) groups is 1. The predicted octanol–water partition coefficient (Wildman–Crippen LogP) is 4.63. The van der Waals surface area contributed by atoms with Gasteiger partial charge in [0.25, 0.3) is 0 Å². The molecule has 0 unspecified atom stereocenters. The zero-order valence-corrected chi connectivity index (χ0v) is 19.5. The highest BCUT2D eigenvalue weighted by molar-refractivity contribution is 8.00. The van der Waals surface area contributed by atoms with E-state index in [1.165, 1.54) is 42.1 Å². The minimum Gasteiger partial charge on any atom is -0.325 e. The van der Waals surface area contributed by atoms with Crippen molar-refractivity contribution < 1.29 is 13.2 Å². The van der Waals surface area contributed by atoms with Crippen LogP contribution in [-0.4, -0.2) is 37.0 Å². The average molecular weight is 470 g/mol. The van der Waals surface area contributed by atoms with E-state index in [1.807, 2.05) is 36.0 Å². The Hall–Kier alpha value is -2.34. The van der Waals surface area contributed by atoms with Crippen LogP contribution in [0.2, 0.25) is 0 Å². The van der Waals surface area contributed by atoms with Crippen molar-refractivity contribution in [3.8, 4) is 6.07 Å². The van der Waals surface area contributed by atoms with Gasteiger partial charge in [0.2, 0.25) is 15.9 Å². The van der Waals surface area contributed by atoms with Crippen LogP contribution in [0.3, 0.4) is 0 Å². The van der Waals surface area contributed by atoms with Gasteiger partial charge in [-0.05, 0) is 49.9 Å². The second kappa shape index (κ2) is 10.1. The van der Waals surface area contributed by atoms with Gasteiger partial charge in [0.15, 0.2) is 0 Å². The van der Waals surface area contributed by atoms with Gasteiger partial charge in [-0.1, -0.05) is 37.1 Å². The molecular weight excluding hydrogens is 442 g/mol. The van der Waals surface area contributed by atoms with Gasteiger partial charge >= 0.3 is 0 Å². The number of carbonyl (C=O) groups excluding carboxylic acids is 1. The molecule has 0 bridgehead atoms. The maximum atomic E-state index is 13.0. The van der Waals surface area contributed by atoms with Crippen molar-refractivity contribution in [3.63, 3.8) is 0 Å². The molecule has 168 valence electrons. The lowest BCUT2D eigenvalue weighted by Gasteiger charge is -2.31. The van der Waals surface area contributed by atoms with E-state index in [2.05, 4.69) is 11.4 Å². The molecule has 1 N–H and O–H groups in total. The summed E-state index contributed by atoms with van der Waals surface area (Å²) >= 11 is 1.84. The van der Waals surface area contributed by atoms with Crippen LogP contribution in [0.4, 0.5) is 5.69 Å². The maximum absolute atomic E-state index is 13.0. The topological polar surface area (TPSA) is 90.3 Å². The lowest BCUT2D eigenvalue weighted by molar-refractivity contribution is -0.120. The number of anilines is 1. The molecule has 1 saturated carbocycles. The summed E-state index contributed by atoms with van der Waals surface area (Å²) in [4.78, 5) is 14.1. The molecule has 0 spiro atoms. The summed E-state index contributed by atoms with van der Waals surface area (Å²) < 4.78 is 27.4. The smallest absolute Gasteiger partial charge is 0.244 e. The Morgan fingerprint density at radius 3 is 2.38 bits per heavy atom. The number of rotatable bonds is 6. The van der Waals surface area contributed by atoms with E-state index in [0.717, 1.165) is 10.6 Å². The van der Waals surface area contributed by atoms with Crippen molar-refractivity contribution in [1.29, 1.82) is 5.26 Å². The van der Waals surface area contributed by atoms with Crippen LogP contribution in [0, 0.1) is 17.2 Å². The maximum Gasteiger partial charge on any atom is 0.244 e. The van der Waals surface area contributed by atoms with Gasteiger partial charge in [0, 0.05) is 29.2 Å². The second-order valence-electron chi connectivity index (χ2n) is 8.30. The Labute approximate surface area is 194 Å². The van der Waals surface area contributed by atoms with Gasteiger partial charge in [0.05, 0.1) is 16.1 Å². The van der Waals surface area contributed by atoms with E-state index in [4.69, 9.17) is 0 Å². The van der Waals surface area contributed by atoms with Crippen molar-refractivity contribution in [3.05, 3.63) is 54.1 Å². The molecule has 1 aliphatic carbocycles. The fourth-order valence-electron chi connectivity index (χ4n) is 4.37. The lowest BCUT2D eigenvalue weighted by Crippen LogP contribution is -2.41. The molecule has 4 rings (SSSR count). The normalized spacial score (nSPS) is 18.3. The first-order valence-corrected chi connectivity index (χ1v) is 13.4. The van der Waals surface area contributed by atoms with Crippen LogP contribution in [0.15, 0.2) is 58.3 Å². The highest BCUT2D eigenvalue weighted by Gasteiger charge is 2.33. The second-order valence-corrected chi connectivity index (χ2v) is 11.5. The van der Waals surface area contributed by atoms with Crippen molar-refractivity contribution >= 4 is 33.4 Å². The van der Waals surface area contributed by atoms with Crippen LogP contribution in [0.5, 0.6) is 0 Å². The molecule has 8 heteroatoms. The Kier molecular flexibility index (Phi) is 7.19. The number of hydrogen-bond acceptors (Lipinski definition) is 5. The number of thioether (sulfide) groups is 1. The first kappa shape index (κ1) is 22.8. The van der Waals surface area contributed by atoms with Crippen LogP contribution >= 0.6 is 11.8 Å². The predicted molar refractivity (Wildman–Crippen MR) is 126 cm³/mol. The zero-order valence-electron chi connectivity index (χ0n) is 17.9. The number of para-hydroxylation sites is 1. The Morgan fingerprint density at radius 2 is 1.66 bits per heavy atom. The number of amides is 1. The van der Waals surface area contributed by atoms with E-state index in [-0.39, 0.29) is 35.4 Å². The fraction of sp³-hybridized carbons (Fsp3) is 0.417. The van der Waals surface area contributed by atoms with Gasteiger partial charge in [-0.2, -0.15) is 9.57 Å². The minimum absolute atomic E-state index is 0.0308. The molecule has 1 saturated heterocycles. The molecule has 2 aliphatic rings. The monoisotopic (exact) mass is 469 g/mol. The number of nitrogens with zero attached hydrogens (tertiary/aromatic N) is 2. The van der Waals surface area contributed by atoms with Gasteiger partial charge in [-0.3, -0.25) is 4.79 Å². The van der Waals surface area contributed by atoms with Gasteiger partial charge in [-0.15, -0.1) is 11.8 Å². The third-order valence-electron chi connectivity index (χ3n) is 6.19. The summed E-state index contributed by atoms with van der Waals surface area (Å²) in [5.74, 6) is -0.295. The van der Waals surface area contributed by atoms with Crippen molar-refractivity contribution in [2.24, 2.45) is 5.92 Å². The zero-order chi connectivity index (χ0) is 22.6. The number of nitriles is 1. The van der Waals surface area contributed by atoms with Crippen molar-refractivity contribution in [1.82, 2.24) is 4.31 Å². The van der Waals surface area contributed by atoms with Gasteiger partial charge in [0.1, 0.15) is 6.07 Å². The molecule has 1 aliphatic heterocycles.